The van der Waals surface area contributed by atoms with Crippen molar-refractivity contribution in [1.82, 2.24) is 4.90 Å². The third-order valence-corrected chi connectivity index (χ3v) is 8.07. The summed E-state index contributed by atoms with van der Waals surface area (Å²) in [7, 11) is 3.62. The summed E-state index contributed by atoms with van der Waals surface area (Å²) in [6.45, 7) is 2.53. The Morgan fingerprint density at radius 2 is 2.08 bits per heavy atom. The fourth-order valence-corrected chi connectivity index (χ4v) is 6.83. The Labute approximate surface area is 155 Å². The quantitative estimate of drug-likeness (QED) is 0.830. The summed E-state index contributed by atoms with van der Waals surface area (Å²) in [4.78, 5) is 2.84. The van der Waals surface area contributed by atoms with Gasteiger partial charge in [-0.1, -0.05) is 6.07 Å². The Morgan fingerprint density at radius 3 is 2.85 bits per heavy atom. The Kier molecular flexibility index (Phi) is 3.27. The van der Waals surface area contributed by atoms with Crippen LogP contribution in [0.4, 0.5) is 0 Å². The first kappa shape index (κ1) is 15.8. The van der Waals surface area contributed by atoms with E-state index in [9.17, 15) is 0 Å². The van der Waals surface area contributed by atoms with Crippen molar-refractivity contribution in [1.29, 1.82) is 0 Å². The number of hydrogen-bond donors (Lipinski definition) is 0. The zero-order valence-electron chi connectivity index (χ0n) is 15.9. The second-order valence-electron chi connectivity index (χ2n) is 9.13. The van der Waals surface area contributed by atoms with Crippen LogP contribution in [0.25, 0.3) is 0 Å². The smallest absolute Gasteiger partial charge is 0.165 e. The van der Waals surface area contributed by atoms with Gasteiger partial charge in [-0.05, 0) is 68.5 Å². The Balaban J connectivity index is 1.51. The fourth-order valence-electron chi connectivity index (χ4n) is 6.83. The highest BCUT2D eigenvalue weighted by Gasteiger charge is 2.66. The van der Waals surface area contributed by atoms with Gasteiger partial charge in [0, 0.05) is 30.7 Å². The number of ether oxygens (including phenoxy) is 3. The summed E-state index contributed by atoms with van der Waals surface area (Å²) in [5.74, 6) is 3.59. The second-order valence-corrected chi connectivity index (χ2v) is 9.13. The number of piperidine rings is 1. The monoisotopic (exact) mass is 355 g/mol. The minimum Gasteiger partial charge on any atom is -0.493 e. The van der Waals surface area contributed by atoms with Crippen LogP contribution < -0.4 is 9.47 Å². The molecule has 5 aliphatic rings. The van der Waals surface area contributed by atoms with Crippen molar-refractivity contribution >= 4 is 0 Å². The number of likely N-dealkylation sites (tertiary alicyclic amines) is 1. The van der Waals surface area contributed by atoms with Gasteiger partial charge in [0.1, 0.15) is 6.10 Å². The molecule has 2 saturated carbocycles. The van der Waals surface area contributed by atoms with Crippen LogP contribution in [0.15, 0.2) is 12.1 Å². The number of methoxy groups -OCH3 is 2. The van der Waals surface area contributed by atoms with E-state index in [1.165, 1.54) is 56.3 Å². The van der Waals surface area contributed by atoms with E-state index in [-0.39, 0.29) is 17.6 Å². The Bertz CT molecular complexity index is 745. The molecule has 2 bridgehead atoms. The Hall–Kier alpha value is -1.26. The maximum atomic E-state index is 6.66. The standard InChI is InChI=1S/C22H29NO3/c1-24-17-7-5-14-11-16-15-6-8-18(25-2)21-22(15,19(14)20(17)26-21)9-10-23(16)12-13-3-4-13/h5,7,13,15-16,18,21H,3-4,6,8-12H2,1-2H3. The average Bonchev–Trinajstić information content (AvgIpc) is 3.41. The van der Waals surface area contributed by atoms with Gasteiger partial charge in [-0.3, -0.25) is 4.90 Å². The highest BCUT2D eigenvalue weighted by Crippen LogP contribution is 2.64. The molecule has 4 nitrogen and oxygen atoms in total. The summed E-state index contributed by atoms with van der Waals surface area (Å²) in [5, 5.41) is 0. The molecule has 5 unspecified atom stereocenters. The highest BCUT2D eigenvalue weighted by atomic mass is 16.6. The molecule has 1 aromatic carbocycles. The van der Waals surface area contributed by atoms with Gasteiger partial charge < -0.3 is 14.2 Å². The molecular formula is C22H29NO3. The van der Waals surface area contributed by atoms with Crippen LogP contribution in [0.5, 0.6) is 11.5 Å². The van der Waals surface area contributed by atoms with Gasteiger partial charge in [0.15, 0.2) is 11.5 Å². The van der Waals surface area contributed by atoms with Gasteiger partial charge in [-0.15, -0.1) is 0 Å². The average molecular weight is 355 g/mol. The van der Waals surface area contributed by atoms with Crippen LogP contribution in [-0.2, 0) is 16.6 Å². The highest BCUT2D eigenvalue weighted by molar-refractivity contribution is 5.61. The minimum absolute atomic E-state index is 0.140. The van der Waals surface area contributed by atoms with Crippen molar-refractivity contribution in [2.24, 2.45) is 11.8 Å². The van der Waals surface area contributed by atoms with Crippen molar-refractivity contribution in [3.8, 4) is 11.5 Å². The third-order valence-electron chi connectivity index (χ3n) is 8.07. The van der Waals surface area contributed by atoms with Crippen molar-refractivity contribution in [3.05, 3.63) is 23.3 Å². The first-order valence-corrected chi connectivity index (χ1v) is 10.4. The SMILES string of the molecule is COc1ccc2c3c1OC1C(OC)CCC4C(C2)N(CC2CC2)CCC341. The van der Waals surface area contributed by atoms with Gasteiger partial charge in [0.25, 0.3) is 0 Å². The molecule has 1 aromatic rings. The molecule has 2 aliphatic heterocycles. The molecule has 3 aliphatic carbocycles. The predicted octanol–water partition coefficient (Wildman–Crippen LogP) is 3.16. The molecule has 1 saturated heterocycles. The molecule has 4 heteroatoms. The molecule has 0 radical (unpaired) electrons. The van der Waals surface area contributed by atoms with E-state index in [1.54, 1.807) is 7.11 Å². The van der Waals surface area contributed by atoms with Gasteiger partial charge in [0.2, 0.25) is 0 Å². The van der Waals surface area contributed by atoms with Crippen LogP contribution in [-0.4, -0.2) is 50.5 Å². The van der Waals surface area contributed by atoms with E-state index >= 15 is 0 Å². The van der Waals surface area contributed by atoms with Crippen LogP contribution >= 0.6 is 0 Å². The van der Waals surface area contributed by atoms with Crippen LogP contribution in [0.3, 0.4) is 0 Å². The van der Waals surface area contributed by atoms with E-state index in [2.05, 4.69) is 17.0 Å². The predicted molar refractivity (Wildman–Crippen MR) is 99.0 cm³/mol. The maximum absolute atomic E-state index is 6.66. The van der Waals surface area contributed by atoms with Crippen LogP contribution in [0, 0.1) is 11.8 Å². The number of rotatable bonds is 4. The minimum atomic E-state index is 0.140. The first-order chi connectivity index (χ1) is 12.8. The largest absolute Gasteiger partial charge is 0.493 e. The lowest BCUT2D eigenvalue weighted by Crippen LogP contribution is -2.67. The molecule has 0 amide bonds. The van der Waals surface area contributed by atoms with Crippen molar-refractivity contribution in [3.63, 3.8) is 0 Å². The van der Waals surface area contributed by atoms with Crippen LogP contribution in [0.1, 0.15) is 43.2 Å². The third kappa shape index (κ3) is 1.87. The van der Waals surface area contributed by atoms with Gasteiger partial charge >= 0.3 is 0 Å². The molecular weight excluding hydrogens is 326 g/mol. The summed E-state index contributed by atoms with van der Waals surface area (Å²) in [6, 6.07) is 5.11. The van der Waals surface area contributed by atoms with Gasteiger partial charge in [-0.2, -0.15) is 0 Å². The molecule has 5 atom stereocenters. The van der Waals surface area contributed by atoms with E-state index < -0.39 is 0 Å². The zero-order chi connectivity index (χ0) is 17.5. The topological polar surface area (TPSA) is 30.9 Å². The van der Waals surface area contributed by atoms with Crippen molar-refractivity contribution < 1.29 is 14.2 Å². The zero-order valence-corrected chi connectivity index (χ0v) is 15.9. The molecule has 2 heterocycles. The molecule has 3 fully saturated rings. The lowest BCUT2D eigenvalue weighted by Gasteiger charge is -2.59. The number of nitrogens with zero attached hydrogens (tertiary/aromatic N) is 1. The number of hydrogen-bond acceptors (Lipinski definition) is 4. The maximum Gasteiger partial charge on any atom is 0.165 e. The molecule has 26 heavy (non-hydrogen) atoms. The molecule has 0 aromatic heterocycles. The number of benzene rings is 1. The molecule has 1 spiro atoms. The van der Waals surface area contributed by atoms with Gasteiger partial charge in [0.05, 0.1) is 13.2 Å². The normalized spacial score (nSPS) is 40.1. The fraction of sp³-hybridized carbons (Fsp3) is 0.727. The van der Waals surface area contributed by atoms with E-state index in [0.29, 0.717) is 12.0 Å². The van der Waals surface area contributed by atoms with E-state index in [1.807, 2.05) is 7.11 Å². The molecule has 6 rings (SSSR count). The molecule has 140 valence electrons. The van der Waals surface area contributed by atoms with Gasteiger partial charge in [-0.25, -0.2) is 0 Å². The van der Waals surface area contributed by atoms with Crippen molar-refractivity contribution in [2.75, 3.05) is 27.3 Å². The molecule has 0 N–H and O–H groups in total. The first-order valence-electron chi connectivity index (χ1n) is 10.4. The van der Waals surface area contributed by atoms with E-state index in [4.69, 9.17) is 14.2 Å². The second kappa shape index (κ2) is 5.39. The van der Waals surface area contributed by atoms with E-state index in [0.717, 1.165) is 23.8 Å². The lowest BCUT2D eigenvalue weighted by atomic mass is 9.51. The Morgan fingerprint density at radius 1 is 1.19 bits per heavy atom. The summed E-state index contributed by atoms with van der Waals surface area (Å²) in [5.41, 5.74) is 3.12. The summed E-state index contributed by atoms with van der Waals surface area (Å²) >= 11 is 0. The lowest BCUT2D eigenvalue weighted by molar-refractivity contribution is -0.116. The summed E-state index contributed by atoms with van der Waals surface area (Å²) in [6.07, 6.45) is 8.00. The van der Waals surface area contributed by atoms with Crippen LogP contribution in [0.2, 0.25) is 0 Å². The summed E-state index contributed by atoms with van der Waals surface area (Å²) < 4.78 is 18.3. The van der Waals surface area contributed by atoms with Crippen molar-refractivity contribution in [2.45, 2.75) is 62.2 Å².